The Kier molecular flexibility index (Phi) is 7.06. The molecule has 0 aliphatic heterocycles. The molecule has 1 aromatic carbocycles. The number of furan rings is 1. The monoisotopic (exact) mass is 493 g/mol. The molecule has 0 unspecified atom stereocenters. The van der Waals surface area contributed by atoms with Crippen LogP contribution in [-0.2, 0) is 32.3 Å². The summed E-state index contributed by atoms with van der Waals surface area (Å²) >= 11 is 0. The van der Waals surface area contributed by atoms with Gasteiger partial charge >= 0.3 is 24.5 Å². The van der Waals surface area contributed by atoms with E-state index in [-0.39, 0.29) is 18.2 Å². The number of ether oxygens (including phenoxy) is 1. The minimum absolute atomic E-state index is 0.175. The van der Waals surface area contributed by atoms with Crippen LogP contribution in [0.4, 0.5) is 45.2 Å². The van der Waals surface area contributed by atoms with Gasteiger partial charge in [0.15, 0.2) is 6.61 Å². The van der Waals surface area contributed by atoms with Crippen molar-refractivity contribution in [2.45, 2.75) is 30.6 Å². The summed E-state index contributed by atoms with van der Waals surface area (Å²) in [5.41, 5.74) is -8.25. The molecule has 0 bridgehead atoms. The van der Waals surface area contributed by atoms with E-state index in [0.717, 1.165) is 18.4 Å². The standard InChI is InChI=1S/C18H12F9NO5/c19-16(20,21)9-4-10(17(22,23)24)6-11(5-9)28-13(29)8-33-14(30)7-15(31,18(25,26)27)12-2-1-3-32-12/h1-6,31H,7-8H2,(H,28,29)/t15-/m0/s1. The van der Waals surface area contributed by atoms with Gasteiger partial charge in [-0.3, -0.25) is 9.59 Å². The van der Waals surface area contributed by atoms with E-state index in [9.17, 15) is 54.2 Å². The number of anilines is 1. The SMILES string of the molecule is O=C(COC(=O)C[C@](O)(c1ccco1)C(F)(F)F)Nc1cc(C(F)(F)F)cc(C(F)(F)F)c1. The minimum Gasteiger partial charge on any atom is -0.466 e. The van der Waals surface area contributed by atoms with Crippen LogP contribution in [0.3, 0.4) is 0 Å². The normalized spacial score (nSPS) is 14.5. The number of nitrogens with one attached hydrogen (secondary N) is 1. The Balaban J connectivity index is 2.10. The minimum atomic E-state index is -5.40. The highest BCUT2D eigenvalue weighted by Crippen LogP contribution is 2.42. The molecule has 0 aliphatic rings. The number of carbonyl (C=O) groups is 2. The van der Waals surface area contributed by atoms with Gasteiger partial charge in [-0.1, -0.05) is 0 Å². The topological polar surface area (TPSA) is 88.8 Å². The Morgan fingerprint density at radius 3 is 1.91 bits per heavy atom. The third kappa shape index (κ3) is 6.40. The average molecular weight is 493 g/mol. The Hall–Kier alpha value is -3.23. The highest BCUT2D eigenvalue weighted by atomic mass is 19.4. The second-order valence-corrected chi connectivity index (χ2v) is 6.52. The molecule has 0 radical (unpaired) electrons. The molecular weight excluding hydrogens is 481 g/mol. The molecule has 2 aromatic rings. The van der Waals surface area contributed by atoms with Crippen molar-refractivity contribution in [2.75, 3.05) is 11.9 Å². The third-order valence-corrected chi connectivity index (χ3v) is 4.03. The molecule has 0 saturated carbocycles. The summed E-state index contributed by atoms with van der Waals surface area (Å²) in [5, 5.41) is 11.5. The molecule has 0 spiro atoms. The third-order valence-electron chi connectivity index (χ3n) is 4.03. The molecule has 0 saturated heterocycles. The van der Waals surface area contributed by atoms with Crippen molar-refractivity contribution < 1.29 is 63.4 Å². The molecule has 2 rings (SSSR count). The largest absolute Gasteiger partial charge is 0.466 e. The molecule has 182 valence electrons. The molecule has 33 heavy (non-hydrogen) atoms. The van der Waals surface area contributed by atoms with Gasteiger partial charge in [0.25, 0.3) is 5.91 Å². The van der Waals surface area contributed by atoms with Gasteiger partial charge in [-0.25, -0.2) is 0 Å². The first-order valence-corrected chi connectivity index (χ1v) is 8.51. The zero-order chi connectivity index (χ0) is 25.2. The number of rotatable bonds is 6. The van der Waals surface area contributed by atoms with E-state index in [1.54, 1.807) is 5.32 Å². The molecule has 1 aromatic heterocycles. The first-order chi connectivity index (χ1) is 14.9. The van der Waals surface area contributed by atoms with Crippen molar-refractivity contribution in [3.05, 3.63) is 53.5 Å². The van der Waals surface area contributed by atoms with E-state index in [4.69, 9.17) is 0 Å². The van der Waals surface area contributed by atoms with Gasteiger partial charge in [0, 0.05) is 5.69 Å². The molecular formula is C18H12F9NO5. The van der Waals surface area contributed by atoms with Crippen LogP contribution in [0, 0.1) is 0 Å². The van der Waals surface area contributed by atoms with Gasteiger partial charge in [-0.2, -0.15) is 39.5 Å². The number of benzene rings is 1. The highest BCUT2D eigenvalue weighted by Gasteiger charge is 2.58. The average Bonchev–Trinajstić information content (AvgIpc) is 3.19. The van der Waals surface area contributed by atoms with Crippen LogP contribution in [0.15, 0.2) is 41.0 Å². The van der Waals surface area contributed by atoms with Gasteiger partial charge in [0.05, 0.1) is 23.8 Å². The van der Waals surface area contributed by atoms with Crippen LogP contribution >= 0.6 is 0 Å². The predicted octanol–water partition coefficient (Wildman–Crippen LogP) is 4.64. The maximum Gasteiger partial charge on any atom is 0.425 e. The fourth-order valence-corrected chi connectivity index (χ4v) is 2.47. The van der Waals surface area contributed by atoms with Crippen molar-refractivity contribution >= 4 is 17.6 Å². The van der Waals surface area contributed by atoms with E-state index < -0.39 is 71.6 Å². The molecule has 0 aliphatic carbocycles. The summed E-state index contributed by atoms with van der Waals surface area (Å²) in [4.78, 5) is 23.5. The van der Waals surface area contributed by atoms with E-state index >= 15 is 0 Å². The fourth-order valence-electron chi connectivity index (χ4n) is 2.47. The molecule has 1 amide bonds. The lowest BCUT2D eigenvalue weighted by atomic mass is 9.96. The maximum absolute atomic E-state index is 13.2. The summed E-state index contributed by atoms with van der Waals surface area (Å²) < 4.78 is 125. The zero-order valence-corrected chi connectivity index (χ0v) is 15.9. The van der Waals surface area contributed by atoms with Crippen molar-refractivity contribution in [3.63, 3.8) is 0 Å². The summed E-state index contributed by atoms with van der Waals surface area (Å²) in [6, 6.07) is 1.87. The Labute approximate surface area is 177 Å². The van der Waals surface area contributed by atoms with Gasteiger partial charge in [0.1, 0.15) is 5.76 Å². The van der Waals surface area contributed by atoms with Gasteiger partial charge in [-0.15, -0.1) is 0 Å². The Morgan fingerprint density at radius 2 is 1.48 bits per heavy atom. The Morgan fingerprint density at radius 1 is 0.939 bits per heavy atom. The van der Waals surface area contributed by atoms with Gasteiger partial charge in [-0.05, 0) is 30.3 Å². The number of amides is 1. The van der Waals surface area contributed by atoms with E-state index in [1.165, 1.54) is 0 Å². The van der Waals surface area contributed by atoms with E-state index in [2.05, 4.69) is 9.15 Å². The maximum atomic E-state index is 13.2. The summed E-state index contributed by atoms with van der Waals surface area (Å²) in [6.07, 6.45) is -16.8. The quantitative estimate of drug-likeness (QED) is 0.452. The van der Waals surface area contributed by atoms with Crippen LogP contribution in [-0.4, -0.2) is 29.8 Å². The second kappa shape index (κ2) is 8.96. The number of esters is 1. The van der Waals surface area contributed by atoms with Crippen molar-refractivity contribution in [1.29, 1.82) is 0 Å². The van der Waals surface area contributed by atoms with Crippen molar-refractivity contribution in [2.24, 2.45) is 0 Å². The summed E-state index contributed by atoms with van der Waals surface area (Å²) in [7, 11) is 0. The highest BCUT2D eigenvalue weighted by molar-refractivity contribution is 5.93. The fraction of sp³-hybridized carbons (Fsp3) is 0.333. The first-order valence-electron chi connectivity index (χ1n) is 8.51. The molecule has 6 nitrogen and oxygen atoms in total. The number of carbonyl (C=O) groups excluding carboxylic acids is 2. The molecule has 15 heteroatoms. The molecule has 1 atom stereocenters. The lowest BCUT2D eigenvalue weighted by Crippen LogP contribution is -2.44. The van der Waals surface area contributed by atoms with E-state index in [1.807, 2.05) is 0 Å². The van der Waals surface area contributed by atoms with Crippen LogP contribution in [0.2, 0.25) is 0 Å². The molecule has 1 heterocycles. The summed E-state index contributed by atoms with van der Waals surface area (Å²) in [6.45, 7) is -1.37. The molecule has 0 fully saturated rings. The predicted molar refractivity (Wildman–Crippen MR) is 89.3 cm³/mol. The van der Waals surface area contributed by atoms with Gasteiger partial charge < -0.3 is 19.6 Å². The first kappa shape index (κ1) is 26.0. The number of hydrogen-bond donors (Lipinski definition) is 2. The summed E-state index contributed by atoms with van der Waals surface area (Å²) in [5.74, 6) is -4.27. The van der Waals surface area contributed by atoms with Crippen molar-refractivity contribution in [3.8, 4) is 0 Å². The Bertz CT molecular complexity index is 964. The zero-order valence-electron chi connectivity index (χ0n) is 15.9. The van der Waals surface area contributed by atoms with E-state index in [0.29, 0.717) is 0 Å². The number of halogens is 9. The van der Waals surface area contributed by atoms with Crippen LogP contribution < -0.4 is 5.32 Å². The van der Waals surface area contributed by atoms with Crippen molar-refractivity contribution in [1.82, 2.24) is 0 Å². The lowest BCUT2D eigenvalue weighted by molar-refractivity contribution is -0.275. The number of hydrogen-bond acceptors (Lipinski definition) is 5. The number of aliphatic hydroxyl groups is 1. The van der Waals surface area contributed by atoms with Crippen LogP contribution in [0.25, 0.3) is 0 Å². The lowest BCUT2D eigenvalue weighted by Gasteiger charge is -2.27. The molecule has 2 N–H and O–H groups in total. The van der Waals surface area contributed by atoms with Crippen LogP contribution in [0.5, 0.6) is 0 Å². The number of alkyl halides is 9. The van der Waals surface area contributed by atoms with Crippen LogP contribution in [0.1, 0.15) is 23.3 Å². The smallest absolute Gasteiger partial charge is 0.425 e. The second-order valence-electron chi connectivity index (χ2n) is 6.52. The van der Waals surface area contributed by atoms with Gasteiger partial charge in [0.2, 0.25) is 5.60 Å².